The fourth-order valence-electron chi connectivity index (χ4n) is 2.73. The molecule has 0 unspecified atom stereocenters. The molecule has 3 rings (SSSR count). The highest BCUT2D eigenvalue weighted by molar-refractivity contribution is 5.99. The van der Waals surface area contributed by atoms with Crippen LogP contribution < -0.4 is 16.0 Å². The number of nitrogens with zero attached hydrogens (tertiary/aromatic N) is 2. The van der Waals surface area contributed by atoms with E-state index in [1.807, 2.05) is 42.1 Å². The molecule has 0 saturated carbocycles. The summed E-state index contributed by atoms with van der Waals surface area (Å²) in [7, 11) is 0. The number of carbonyl (C=O) groups is 2. The van der Waals surface area contributed by atoms with Crippen molar-refractivity contribution in [1.82, 2.24) is 20.4 Å². The number of aryl methyl sites for hydroxylation is 1. The van der Waals surface area contributed by atoms with Gasteiger partial charge in [-0.3, -0.25) is 9.48 Å². The highest BCUT2D eigenvalue weighted by Gasteiger charge is 2.19. The smallest absolute Gasteiger partial charge is 0.315 e. The van der Waals surface area contributed by atoms with Crippen LogP contribution in [0, 0.1) is 0 Å². The van der Waals surface area contributed by atoms with Crippen LogP contribution in [0.2, 0.25) is 0 Å². The van der Waals surface area contributed by atoms with Gasteiger partial charge in [0.15, 0.2) is 0 Å². The van der Waals surface area contributed by atoms with E-state index in [0.29, 0.717) is 13.0 Å². The molecule has 24 heavy (non-hydrogen) atoms. The minimum Gasteiger partial charge on any atom is -0.338 e. The molecule has 126 valence electrons. The van der Waals surface area contributed by atoms with Crippen LogP contribution in [0.3, 0.4) is 0 Å². The zero-order valence-corrected chi connectivity index (χ0v) is 13.6. The number of hydrogen-bond donors (Lipinski definition) is 3. The van der Waals surface area contributed by atoms with Crippen LogP contribution in [-0.4, -0.2) is 28.3 Å². The molecule has 1 aromatic carbocycles. The van der Waals surface area contributed by atoms with Gasteiger partial charge in [0.25, 0.3) is 0 Å². The number of urea groups is 1. The Balaban J connectivity index is 1.44. The van der Waals surface area contributed by atoms with Gasteiger partial charge in [-0.25, -0.2) is 4.79 Å². The number of amides is 3. The van der Waals surface area contributed by atoms with Gasteiger partial charge in [-0.05, 0) is 36.6 Å². The molecule has 3 amide bonds. The first-order valence-electron chi connectivity index (χ1n) is 8.06. The molecule has 1 aromatic heterocycles. The summed E-state index contributed by atoms with van der Waals surface area (Å²) in [6.07, 6.45) is 4.85. The molecule has 2 heterocycles. The second kappa shape index (κ2) is 7.16. The van der Waals surface area contributed by atoms with Gasteiger partial charge in [-0.1, -0.05) is 12.1 Å². The van der Waals surface area contributed by atoms with Gasteiger partial charge in [-0.2, -0.15) is 5.10 Å². The molecule has 0 bridgehead atoms. The number of fused-ring (bicyclic) bond motifs is 1. The number of anilines is 1. The van der Waals surface area contributed by atoms with Crippen molar-refractivity contribution in [2.24, 2.45) is 0 Å². The predicted octanol–water partition coefficient (Wildman–Crippen LogP) is 1.83. The maximum atomic E-state index is 12.0. The first-order chi connectivity index (χ1) is 11.6. The van der Waals surface area contributed by atoms with Gasteiger partial charge >= 0.3 is 6.03 Å². The average Bonchev–Trinajstić information content (AvgIpc) is 3.18. The molecule has 0 aliphatic carbocycles. The molecule has 2 aromatic rings. The number of carbonyl (C=O) groups excluding carboxylic acids is 2. The molecule has 7 nitrogen and oxygen atoms in total. The third-order valence-electron chi connectivity index (χ3n) is 4.01. The van der Waals surface area contributed by atoms with Gasteiger partial charge < -0.3 is 16.0 Å². The summed E-state index contributed by atoms with van der Waals surface area (Å²) in [6.45, 7) is 3.28. The number of hydrogen-bond acceptors (Lipinski definition) is 3. The van der Waals surface area contributed by atoms with E-state index in [-0.39, 0.29) is 18.0 Å². The molecule has 1 atom stereocenters. The van der Waals surface area contributed by atoms with E-state index in [2.05, 4.69) is 21.0 Å². The Bertz CT molecular complexity index is 727. The van der Waals surface area contributed by atoms with Crippen molar-refractivity contribution in [3.05, 3.63) is 47.8 Å². The molecular weight excluding hydrogens is 306 g/mol. The molecule has 7 heteroatoms. The normalized spacial score (nSPS) is 14.0. The standard InChI is InChI=1S/C17H21N5O2/c1-12(13-4-5-15-14(10-13)11-16(23)21-15)20-17(24)18-6-2-8-22-9-3-7-19-22/h3-5,7,9-10,12H,2,6,8,11H2,1H3,(H,21,23)(H2,18,20,24)/t12-/m1/s1. The lowest BCUT2D eigenvalue weighted by Crippen LogP contribution is -2.37. The summed E-state index contributed by atoms with van der Waals surface area (Å²) in [4.78, 5) is 23.4. The van der Waals surface area contributed by atoms with Gasteiger partial charge in [0.2, 0.25) is 5.91 Å². The van der Waals surface area contributed by atoms with E-state index in [1.54, 1.807) is 6.20 Å². The summed E-state index contributed by atoms with van der Waals surface area (Å²) >= 11 is 0. The fraction of sp³-hybridized carbons (Fsp3) is 0.353. The Hall–Kier alpha value is -2.83. The number of benzene rings is 1. The topological polar surface area (TPSA) is 88.1 Å². The lowest BCUT2D eigenvalue weighted by Gasteiger charge is -2.16. The maximum absolute atomic E-state index is 12.0. The van der Waals surface area contributed by atoms with Gasteiger partial charge in [0.1, 0.15) is 0 Å². The quantitative estimate of drug-likeness (QED) is 0.707. The highest BCUT2D eigenvalue weighted by atomic mass is 16.2. The van der Waals surface area contributed by atoms with Crippen LogP contribution in [-0.2, 0) is 17.8 Å². The molecule has 0 saturated heterocycles. The van der Waals surface area contributed by atoms with Crippen molar-refractivity contribution in [2.75, 3.05) is 11.9 Å². The van der Waals surface area contributed by atoms with Crippen LogP contribution in [0.4, 0.5) is 10.5 Å². The maximum Gasteiger partial charge on any atom is 0.315 e. The lowest BCUT2D eigenvalue weighted by molar-refractivity contribution is -0.115. The van der Waals surface area contributed by atoms with Crippen LogP contribution in [0.5, 0.6) is 0 Å². The van der Waals surface area contributed by atoms with Gasteiger partial charge in [0, 0.05) is 31.2 Å². The predicted molar refractivity (Wildman–Crippen MR) is 90.6 cm³/mol. The highest BCUT2D eigenvalue weighted by Crippen LogP contribution is 2.26. The second-order valence-electron chi connectivity index (χ2n) is 5.89. The van der Waals surface area contributed by atoms with E-state index in [4.69, 9.17) is 0 Å². The van der Waals surface area contributed by atoms with Crippen LogP contribution >= 0.6 is 0 Å². The second-order valence-corrected chi connectivity index (χ2v) is 5.89. The van der Waals surface area contributed by atoms with E-state index >= 15 is 0 Å². The SMILES string of the molecule is C[C@@H](NC(=O)NCCCn1cccn1)c1ccc2c(c1)CC(=O)N2. The molecule has 3 N–H and O–H groups in total. The fourth-order valence-corrected chi connectivity index (χ4v) is 2.73. The zero-order valence-electron chi connectivity index (χ0n) is 13.6. The van der Waals surface area contributed by atoms with Gasteiger partial charge in [0.05, 0.1) is 12.5 Å². The third kappa shape index (κ3) is 3.92. The number of rotatable bonds is 6. The first-order valence-corrected chi connectivity index (χ1v) is 8.06. The molecule has 0 radical (unpaired) electrons. The van der Waals surface area contributed by atoms with Crippen molar-refractivity contribution in [3.8, 4) is 0 Å². The largest absolute Gasteiger partial charge is 0.338 e. The van der Waals surface area contributed by atoms with Crippen molar-refractivity contribution in [3.63, 3.8) is 0 Å². The van der Waals surface area contributed by atoms with Crippen LogP contribution in [0.1, 0.15) is 30.5 Å². The minimum absolute atomic E-state index is 0.0117. The Kier molecular flexibility index (Phi) is 4.79. The Morgan fingerprint density at radius 1 is 1.46 bits per heavy atom. The third-order valence-corrected chi connectivity index (χ3v) is 4.01. The molecular formula is C17H21N5O2. The molecule has 0 spiro atoms. The van der Waals surface area contributed by atoms with E-state index in [1.165, 1.54) is 0 Å². The number of aromatic nitrogens is 2. The summed E-state index contributed by atoms with van der Waals surface area (Å²) in [5.74, 6) is 0.0117. The van der Waals surface area contributed by atoms with Gasteiger partial charge in [-0.15, -0.1) is 0 Å². The van der Waals surface area contributed by atoms with Crippen molar-refractivity contribution in [2.45, 2.75) is 32.4 Å². The number of nitrogens with one attached hydrogen (secondary N) is 3. The van der Waals surface area contributed by atoms with E-state index < -0.39 is 0 Å². The van der Waals surface area contributed by atoms with E-state index in [0.717, 1.165) is 29.8 Å². The molecule has 1 aliphatic rings. The summed E-state index contributed by atoms with van der Waals surface area (Å²) in [5, 5.41) is 12.7. The van der Waals surface area contributed by atoms with E-state index in [9.17, 15) is 9.59 Å². The average molecular weight is 327 g/mol. The Morgan fingerprint density at radius 2 is 2.33 bits per heavy atom. The first kappa shape index (κ1) is 16.0. The minimum atomic E-state index is -0.197. The zero-order chi connectivity index (χ0) is 16.9. The van der Waals surface area contributed by atoms with Crippen LogP contribution in [0.25, 0.3) is 0 Å². The monoisotopic (exact) mass is 327 g/mol. The Labute approximate surface area is 140 Å². The van der Waals surface area contributed by atoms with Crippen molar-refractivity contribution >= 4 is 17.6 Å². The lowest BCUT2D eigenvalue weighted by atomic mass is 10.0. The summed E-state index contributed by atoms with van der Waals surface area (Å²) < 4.78 is 1.84. The van der Waals surface area contributed by atoms with Crippen molar-refractivity contribution in [1.29, 1.82) is 0 Å². The summed E-state index contributed by atoms with van der Waals surface area (Å²) in [5.41, 5.74) is 2.82. The Morgan fingerprint density at radius 3 is 3.12 bits per heavy atom. The summed E-state index contributed by atoms with van der Waals surface area (Å²) in [6, 6.07) is 7.33. The van der Waals surface area contributed by atoms with Crippen molar-refractivity contribution < 1.29 is 9.59 Å². The molecule has 1 aliphatic heterocycles. The van der Waals surface area contributed by atoms with Crippen LogP contribution in [0.15, 0.2) is 36.7 Å². The molecule has 0 fully saturated rings.